The fourth-order valence-corrected chi connectivity index (χ4v) is 4.66. The monoisotopic (exact) mass is 528 g/mol. The number of carbonyl (C=O) groups excluding carboxylic acids is 3. The minimum atomic E-state index is -3.03. The van der Waals surface area contributed by atoms with E-state index < -0.39 is 23.7 Å². The number of nitrogens with one attached hydrogen (secondary N) is 1. The van der Waals surface area contributed by atoms with Gasteiger partial charge in [-0.05, 0) is 55.8 Å². The third-order valence-corrected chi connectivity index (χ3v) is 6.91. The Morgan fingerprint density at radius 2 is 1.77 bits per heavy atom. The Hall–Kier alpha value is -4.66. The number of amides is 2. The van der Waals surface area contributed by atoms with E-state index in [-0.39, 0.29) is 29.3 Å². The molecule has 1 aromatic heterocycles. The molecule has 1 aliphatic heterocycles. The number of anilines is 2. The topological polar surface area (TPSA) is 83.8 Å². The molecule has 9 heteroatoms. The molecule has 5 rings (SSSR count). The molecule has 0 saturated heterocycles. The molecule has 0 spiro atoms. The van der Waals surface area contributed by atoms with Crippen LogP contribution >= 0.6 is 0 Å². The van der Waals surface area contributed by atoms with Gasteiger partial charge in [-0.25, -0.2) is 8.78 Å². The van der Waals surface area contributed by atoms with Crippen molar-refractivity contribution in [2.45, 2.75) is 33.1 Å². The first-order chi connectivity index (χ1) is 18.6. The Bertz CT molecular complexity index is 1660. The van der Waals surface area contributed by atoms with Crippen molar-refractivity contribution in [3.05, 3.63) is 95.7 Å². The summed E-state index contributed by atoms with van der Waals surface area (Å²) in [4.78, 5) is 39.7. The number of benzene rings is 3. The van der Waals surface area contributed by atoms with Gasteiger partial charge in [0, 0.05) is 34.8 Å². The standard InChI is InChI=1S/C30H26F2N4O3/c1-4-30(31,32)21-9-7-10-22(16-21)33-27(37)26-19(3)34-36(29(26)39)23-13-12-20-14-15-35(25(20)17-23)28(38)24-11-6-5-8-18(24)2/h5-17,26H,4H2,1-3H3,(H,33,37). The molecule has 0 saturated carbocycles. The Kier molecular flexibility index (Phi) is 6.59. The van der Waals surface area contributed by atoms with Gasteiger partial charge >= 0.3 is 0 Å². The molecule has 7 nitrogen and oxygen atoms in total. The zero-order valence-corrected chi connectivity index (χ0v) is 21.6. The highest BCUT2D eigenvalue weighted by Crippen LogP contribution is 2.33. The molecule has 1 atom stereocenters. The molecular weight excluding hydrogens is 502 g/mol. The number of nitrogens with zero attached hydrogens (tertiary/aromatic N) is 3. The lowest BCUT2D eigenvalue weighted by Crippen LogP contribution is -2.36. The summed E-state index contributed by atoms with van der Waals surface area (Å²) in [6, 6.07) is 19.7. The zero-order valence-electron chi connectivity index (χ0n) is 21.6. The molecule has 0 fully saturated rings. The van der Waals surface area contributed by atoms with Crippen LogP contribution < -0.4 is 10.3 Å². The normalized spacial score (nSPS) is 15.5. The SMILES string of the molecule is CCC(F)(F)c1cccc(NC(=O)C2C(=O)N(c3ccc4ccn(C(=O)c5ccccc5C)c4c3)N=C2C)c1. The second-order valence-corrected chi connectivity index (χ2v) is 9.50. The summed E-state index contributed by atoms with van der Waals surface area (Å²) in [5.74, 6) is -5.71. The lowest BCUT2D eigenvalue weighted by molar-refractivity contribution is -0.127. The summed E-state index contributed by atoms with van der Waals surface area (Å²) in [6.45, 7) is 4.80. The summed E-state index contributed by atoms with van der Waals surface area (Å²) in [5, 5.41) is 8.83. The Labute approximate surface area is 223 Å². The van der Waals surface area contributed by atoms with Gasteiger partial charge in [-0.3, -0.25) is 19.0 Å². The van der Waals surface area contributed by atoms with E-state index in [0.29, 0.717) is 16.8 Å². The first kappa shape index (κ1) is 26.0. The molecule has 0 aliphatic carbocycles. The molecular formula is C30H26F2N4O3. The van der Waals surface area contributed by atoms with Crippen molar-refractivity contribution in [2.75, 3.05) is 10.3 Å². The van der Waals surface area contributed by atoms with E-state index in [4.69, 9.17) is 0 Å². The van der Waals surface area contributed by atoms with Crippen LogP contribution in [0, 0.1) is 12.8 Å². The maximum atomic E-state index is 14.1. The zero-order chi connectivity index (χ0) is 27.9. The molecule has 3 aromatic carbocycles. The minimum Gasteiger partial charge on any atom is -0.325 e. The fourth-order valence-electron chi connectivity index (χ4n) is 4.66. The molecule has 4 aromatic rings. The van der Waals surface area contributed by atoms with Crippen molar-refractivity contribution in [1.82, 2.24) is 4.57 Å². The summed E-state index contributed by atoms with van der Waals surface area (Å²) in [7, 11) is 0. The van der Waals surface area contributed by atoms with Gasteiger partial charge in [0.05, 0.1) is 16.9 Å². The Morgan fingerprint density at radius 1 is 1.00 bits per heavy atom. The fraction of sp³-hybridized carbons (Fsp3) is 0.200. The third kappa shape index (κ3) is 4.71. The summed E-state index contributed by atoms with van der Waals surface area (Å²) < 4.78 is 29.8. The van der Waals surface area contributed by atoms with E-state index >= 15 is 0 Å². The second-order valence-electron chi connectivity index (χ2n) is 9.50. The Morgan fingerprint density at radius 3 is 2.51 bits per heavy atom. The number of carbonyl (C=O) groups is 3. The third-order valence-electron chi connectivity index (χ3n) is 6.91. The number of alkyl halides is 2. The lowest BCUT2D eigenvalue weighted by Gasteiger charge is -2.17. The minimum absolute atomic E-state index is 0.165. The number of aryl methyl sites for hydroxylation is 1. The quantitative estimate of drug-likeness (QED) is 0.306. The average Bonchev–Trinajstić information content (AvgIpc) is 3.48. The van der Waals surface area contributed by atoms with Crippen LogP contribution in [0.15, 0.2) is 84.1 Å². The van der Waals surface area contributed by atoms with Gasteiger partial charge in [0.2, 0.25) is 5.91 Å². The van der Waals surface area contributed by atoms with Crippen molar-refractivity contribution in [1.29, 1.82) is 0 Å². The first-order valence-electron chi connectivity index (χ1n) is 12.5. The smallest absolute Gasteiger partial charge is 0.273 e. The molecule has 0 bridgehead atoms. The van der Waals surface area contributed by atoms with E-state index in [9.17, 15) is 23.2 Å². The van der Waals surface area contributed by atoms with Crippen molar-refractivity contribution >= 4 is 45.7 Å². The van der Waals surface area contributed by atoms with Crippen molar-refractivity contribution < 1.29 is 23.2 Å². The van der Waals surface area contributed by atoms with E-state index in [2.05, 4.69) is 10.4 Å². The highest BCUT2D eigenvalue weighted by molar-refractivity contribution is 6.29. The van der Waals surface area contributed by atoms with Crippen molar-refractivity contribution in [3.8, 4) is 0 Å². The number of rotatable bonds is 6. The van der Waals surface area contributed by atoms with Crippen LogP contribution in [0.3, 0.4) is 0 Å². The number of fused-ring (bicyclic) bond motifs is 1. The van der Waals surface area contributed by atoms with E-state index in [1.54, 1.807) is 43.5 Å². The van der Waals surface area contributed by atoms with E-state index in [1.807, 2.05) is 25.1 Å². The Balaban J connectivity index is 1.40. The number of hydrogen-bond donors (Lipinski definition) is 1. The maximum absolute atomic E-state index is 14.1. The van der Waals surface area contributed by atoms with Gasteiger partial charge in [-0.15, -0.1) is 0 Å². The molecule has 1 N–H and O–H groups in total. The van der Waals surface area contributed by atoms with Crippen LogP contribution in [-0.2, 0) is 15.5 Å². The predicted octanol–water partition coefficient (Wildman–Crippen LogP) is 6.12. The molecule has 1 aliphatic rings. The average molecular weight is 529 g/mol. The summed E-state index contributed by atoms with van der Waals surface area (Å²) >= 11 is 0. The van der Waals surface area contributed by atoms with E-state index in [0.717, 1.165) is 16.0 Å². The largest absolute Gasteiger partial charge is 0.325 e. The molecule has 2 amide bonds. The number of aromatic nitrogens is 1. The van der Waals surface area contributed by atoms with Crippen molar-refractivity contribution in [2.24, 2.45) is 11.0 Å². The van der Waals surface area contributed by atoms with Crippen LogP contribution in [0.5, 0.6) is 0 Å². The number of hydrazone groups is 1. The number of halogens is 2. The van der Waals surface area contributed by atoms with E-state index in [1.165, 1.54) is 35.8 Å². The van der Waals surface area contributed by atoms with Crippen LogP contribution in [0.4, 0.5) is 20.2 Å². The van der Waals surface area contributed by atoms with Gasteiger partial charge in [0.15, 0.2) is 5.92 Å². The lowest BCUT2D eigenvalue weighted by atomic mass is 10.0. The van der Waals surface area contributed by atoms with Crippen molar-refractivity contribution in [3.63, 3.8) is 0 Å². The molecule has 0 radical (unpaired) electrons. The van der Waals surface area contributed by atoms with Gasteiger partial charge in [0.1, 0.15) is 0 Å². The van der Waals surface area contributed by atoms with Crippen LogP contribution in [-0.4, -0.2) is 28.0 Å². The van der Waals surface area contributed by atoms with Crippen LogP contribution in [0.25, 0.3) is 10.9 Å². The van der Waals surface area contributed by atoms with Crippen LogP contribution in [0.2, 0.25) is 0 Å². The highest BCUT2D eigenvalue weighted by Gasteiger charge is 2.40. The second kappa shape index (κ2) is 9.90. The molecule has 198 valence electrons. The molecule has 1 unspecified atom stereocenters. The summed E-state index contributed by atoms with van der Waals surface area (Å²) in [5.41, 5.74) is 2.59. The van der Waals surface area contributed by atoms with Gasteiger partial charge in [-0.2, -0.15) is 10.1 Å². The number of hydrogen-bond acceptors (Lipinski definition) is 4. The molecule has 39 heavy (non-hydrogen) atoms. The van der Waals surface area contributed by atoms with Gasteiger partial charge in [0.25, 0.3) is 17.7 Å². The van der Waals surface area contributed by atoms with Crippen LogP contribution in [0.1, 0.15) is 41.8 Å². The molecule has 2 heterocycles. The summed E-state index contributed by atoms with van der Waals surface area (Å²) in [6.07, 6.45) is 1.30. The van der Waals surface area contributed by atoms with Gasteiger partial charge in [-0.1, -0.05) is 43.3 Å². The highest BCUT2D eigenvalue weighted by atomic mass is 19.3. The predicted molar refractivity (Wildman–Crippen MR) is 146 cm³/mol. The maximum Gasteiger partial charge on any atom is 0.273 e. The first-order valence-corrected chi connectivity index (χ1v) is 12.5. The van der Waals surface area contributed by atoms with Gasteiger partial charge < -0.3 is 5.32 Å².